The Kier molecular flexibility index (Phi) is 6.17. The molecule has 1 atom stereocenters. The van der Waals surface area contributed by atoms with Crippen molar-refractivity contribution in [2.45, 2.75) is 19.6 Å². The standard InChI is InChI=1S/C25H19ClN6O4/c1-15-21(24(33)36-14-16-6-3-2-4-7-16)22(17-9-10-19(26)20(12-17)32(34)35)31-25(28-15)29-23(30-31)18-8-5-11-27-13-18/h2-13,22H,14H2,1H3,(H,28,29,30)/t22-/m0/s1. The summed E-state index contributed by atoms with van der Waals surface area (Å²) < 4.78 is 7.14. The van der Waals surface area contributed by atoms with Crippen LogP contribution in [0.3, 0.4) is 0 Å². The third-order valence-corrected chi connectivity index (χ3v) is 6.01. The molecule has 0 radical (unpaired) electrons. The molecule has 3 heterocycles. The van der Waals surface area contributed by atoms with E-state index in [0.717, 1.165) is 5.56 Å². The molecule has 0 saturated carbocycles. The molecular weight excluding hydrogens is 484 g/mol. The van der Waals surface area contributed by atoms with Crippen LogP contribution < -0.4 is 5.32 Å². The molecule has 0 spiro atoms. The molecule has 2 aromatic heterocycles. The van der Waals surface area contributed by atoms with Crippen molar-refractivity contribution >= 4 is 29.2 Å². The van der Waals surface area contributed by atoms with Gasteiger partial charge in [-0.05, 0) is 36.2 Å². The van der Waals surface area contributed by atoms with Gasteiger partial charge in [-0.1, -0.05) is 48.0 Å². The van der Waals surface area contributed by atoms with Crippen molar-refractivity contribution in [3.05, 3.63) is 111 Å². The van der Waals surface area contributed by atoms with Crippen LogP contribution in [0.2, 0.25) is 5.02 Å². The van der Waals surface area contributed by atoms with E-state index in [1.807, 2.05) is 36.4 Å². The van der Waals surface area contributed by atoms with Crippen LogP contribution in [0.1, 0.15) is 24.1 Å². The zero-order valence-corrected chi connectivity index (χ0v) is 19.7. The maximum Gasteiger partial charge on any atom is 0.338 e. The number of hydrogen-bond donors (Lipinski definition) is 1. The van der Waals surface area contributed by atoms with Crippen molar-refractivity contribution < 1.29 is 14.5 Å². The lowest BCUT2D eigenvalue weighted by atomic mass is 9.95. The fraction of sp³-hybridized carbons (Fsp3) is 0.120. The predicted molar refractivity (Wildman–Crippen MR) is 132 cm³/mol. The Morgan fingerprint density at radius 1 is 1.19 bits per heavy atom. The normalized spacial score (nSPS) is 14.7. The van der Waals surface area contributed by atoms with E-state index in [9.17, 15) is 14.9 Å². The molecule has 0 saturated heterocycles. The Morgan fingerprint density at radius 3 is 2.72 bits per heavy atom. The Balaban J connectivity index is 1.59. The number of aromatic nitrogens is 4. The van der Waals surface area contributed by atoms with Crippen LogP contribution in [0.4, 0.5) is 11.6 Å². The Bertz CT molecular complexity index is 1490. The Labute approximate surface area is 210 Å². The zero-order chi connectivity index (χ0) is 25.2. The Morgan fingerprint density at radius 2 is 2.00 bits per heavy atom. The number of nitro groups is 1. The quantitative estimate of drug-likeness (QED) is 0.223. The molecule has 0 unspecified atom stereocenters. The largest absolute Gasteiger partial charge is 0.457 e. The summed E-state index contributed by atoms with van der Waals surface area (Å²) in [7, 11) is 0. The number of esters is 1. The lowest BCUT2D eigenvalue weighted by Crippen LogP contribution is -2.29. The van der Waals surface area contributed by atoms with Crippen LogP contribution in [-0.2, 0) is 16.1 Å². The molecule has 5 rings (SSSR count). The average Bonchev–Trinajstić information content (AvgIpc) is 3.31. The van der Waals surface area contributed by atoms with Crippen molar-refractivity contribution in [2.24, 2.45) is 0 Å². The van der Waals surface area contributed by atoms with E-state index < -0.39 is 16.9 Å². The molecule has 4 aromatic rings. The van der Waals surface area contributed by atoms with Crippen molar-refractivity contribution in [1.82, 2.24) is 19.7 Å². The van der Waals surface area contributed by atoms with Gasteiger partial charge in [0.15, 0.2) is 5.82 Å². The topological polar surface area (TPSA) is 125 Å². The molecule has 2 aromatic carbocycles. The minimum Gasteiger partial charge on any atom is -0.457 e. The number of hydrogen-bond acceptors (Lipinski definition) is 8. The summed E-state index contributed by atoms with van der Waals surface area (Å²) in [6.45, 7) is 1.79. The van der Waals surface area contributed by atoms with E-state index in [0.29, 0.717) is 28.6 Å². The molecule has 11 heteroatoms. The van der Waals surface area contributed by atoms with Gasteiger partial charge in [0.2, 0.25) is 5.95 Å². The van der Waals surface area contributed by atoms with Gasteiger partial charge in [-0.2, -0.15) is 4.98 Å². The minimum atomic E-state index is -0.849. The van der Waals surface area contributed by atoms with Crippen LogP contribution in [0.15, 0.2) is 84.3 Å². The summed E-state index contributed by atoms with van der Waals surface area (Å²) in [4.78, 5) is 33.1. The first-order valence-electron chi connectivity index (χ1n) is 10.9. The van der Waals surface area contributed by atoms with Crippen molar-refractivity contribution in [1.29, 1.82) is 0 Å². The van der Waals surface area contributed by atoms with E-state index in [1.54, 1.807) is 31.5 Å². The van der Waals surface area contributed by atoms with Gasteiger partial charge in [0.1, 0.15) is 17.7 Å². The van der Waals surface area contributed by atoms with Gasteiger partial charge in [-0.25, -0.2) is 9.48 Å². The highest BCUT2D eigenvalue weighted by atomic mass is 35.5. The number of anilines is 1. The summed E-state index contributed by atoms with van der Waals surface area (Å²) in [5.41, 5.74) is 2.39. The van der Waals surface area contributed by atoms with E-state index in [1.165, 1.54) is 16.8 Å². The molecular formula is C25H19ClN6O4. The molecule has 0 fully saturated rings. The molecule has 1 N–H and O–H groups in total. The van der Waals surface area contributed by atoms with Gasteiger partial charge in [0, 0.05) is 29.7 Å². The molecule has 1 aliphatic heterocycles. The SMILES string of the molecule is CC1=C(C(=O)OCc2ccccc2)[C@H](c2ccc(Cl)c([N+](=O)[O-])c2)n2nc(-c3cccnc3)nc2N1. The maximum atomic E-state index is 13.4. The fourth-order valence-corrected chi connectivity index (χ4v) is 4.17. The highest BCUT2D eigenvalue weighted by Crippen LogP contribution is 2.39. The summed E-state index contributed by atoms with van der Waals surface area (Å²) in [5, 5.41) is 19.3. The molecule has 0 amide bonds. The predicted octanol–water partition coefficient (Wildman–Crippen LogP) is 4.93. The minimum absolute atomic E-state index is 0.0125. The van der Waals surface area contributed by atoms with E-state index in [-0.39, 0.29) is 22.9 Å². The van der Waals surface area contributed by atoms with E-state index in [4.69, 9.17) is 16.3 Å². The second-order valence-electron chi connectivity index (χ2n) is 8.04. The van der Waals surface area contributed by atoms with Crippen molar-refractivity contribution in [3.8, 4) is 11.4 Å². The second-order valence-corrected chi connectivity index (χ2v) is 8.45. The van der Waals surface area contributed by atoms with E-state index >= 15 is 0 Å². The van der Waals surface area contributed by atoms with Crippen molar-refractivity contribution in [3.63, 3.8) is 0 Å². The average molecular weight is 503 g/mol. The summed E-state index contributed by atoms with van der Waals surface area (Å²) in [6.07, 6.45) is 3.26. The van der Waals surface area contributed by atoms with Crippen LogP contribution in [0.25, 0.3) is 11.4 Å². The summed E-state index contributed by atoms with van der Waals surface area (Å²) in [5.74, 6) is 0.162. The number of ether oxygens (including phenoxy) is 1. The Hall–Kier alpha value is -4.57. The van der Waals surface area contributed by atoms with Gasteiger partial charge < -0.3 is 10.1 Å². The molecule has 10 nitrogen and oxygen atoms in total. The van der Waals surface area contributed by atoms with Gasteiger partial charge in [-0.15, -0.1) is 5.10 Å². The molecule has 0 bridgehead atoms. The van der Waals surface area contributed by atoms with Crippen molar-refractivity contribution in [2.75, 3.05) is 5.32 Å². The monoisotopic (exact) mass is 502 g/mol. The number of benzene rings is 2. The van der Waals surface area contributed by atoms with E-state index in [2.05, 4.69) is 20.4 Å². The number of carbonyl (C=O) groups excluding carboxylic acids is 1. The number of nitrogens with one attached hydrogen (secondary N) is 1. The maximum absolute atomic E-state index is 13.4. The van der Waals surface area contributed by atoms with Crippen LogP contribution >= 0.6 is 11.6 Å². The van der Waals surface area contributed by atoms with Gasteiger partial charge >= 0.3 is 5.97 Å². The number of halogens is 1. The summed E-state index contributed by atoms with van der Waals surface area (Å²) >= 11 is 6.06. The highest BCUT2D eigenvalue weighted by Gasteiger charge is 2.36. The third-order valence-electron chi connectivity index (χ3n) is 5.69. The molecule has 0 aliphatic carbocycles. The van der Waals surface area contributed by atoms with Crippen LogP contribution in [-0.4, -0.2) is 30.6 Å². The fourth-order valence-electron chi connectivity index (χ4n) is 3.98. The lowest BCUT2D eigenvalue weighted by molar-refractivity contribution is -0.384. The smallest absolute Gasteiger partial charge is 0.338 e. The second kappa shape index (κ2) is 9.59. The van der Waals surface area contributed by atoms with Gasteiger partial charge in [0.05, 0.1) is 10.5 Å². The summed E-state index contributed by atoms with van der Waals surface area (Å²) in [6, 6.07) is 16.4. The third kappa shape index (κ3) is 4.41. The highest BCUT2D eigenvalue weighted by molar-refractivity contribution is 6.32. The molecule has 1 aliphatic rings. The van der Waals surface area contributed by atoms with Gasteiger partial charge in [-0.3, -0.25) is 15.1 Å². The number of fused-ring (bicyclic) bond motifs is 1. The number of nitro benzene ring substituents is 1. The van der Waals surface area contributed by atoms with Gasteiger partial charge in [0.25, 0.3) is 5.69 Å². The van der Waals surface area contributed by atoms with Crippen LogP contribution in [0.5, 0.6) is 0 Å². The number of pyridine rings is 1. The number of carbonyl (C=O) groups is 1. The number of nitrogens with zero attached hydrogens (tertiary/aromatic N) is 5. The first-order chi connectivity index (χ1) is 17.4. The first kappa shape index (κ1) is 23.2. The zero-order valence-electron chi connectivity index (χ0n) is 19.0. The number of allylic oxidation sites excluding steroid dienone is 1. The molecule has 36 heavy (non-hydrogen) atoms. The van der Waals surface area contributed by atoms with Crippen LogP contribution in [0, 0.1) is 10.1 Å². The first-order valence-corrected chi connectivity index (χ1v) is 11.3. The molecule has 180 valence electrons. The lowest BCUT2D eigenvalue weighted by Gasteiger charge is -2.28. The number of rotatable bonds is 6.